The maximum absolute atomic E-state index is 2.25. The summed E-state index contributed by atoms with van der Waals surface area (Å²) in [6.07, 6.45) is 2.43. The molecule has 13 heavy (non-hydrogen) atoms. The summed E-state index contributed by atoms with van der Waals surface area (Å²) in [4.78, 5) is 0. The van der Waals surface area contributed by atoms with E-state index in [-0.39, 0.29) is 6.84 Å². The highest BCUT2D eigenvalue weighted by atomic mass is 14.2. The Morgan fingerprint density at radius 2 is 1.62 bits per heavy atom. The lowest BCUT2D eigenvalue weighted by Crippen LogP contribution is -2.10. The van der Waals surface area contributed by atoms with E-state index >= 15 is 0 Å². The SMILES string of the molecule is CCCc1ccc(C(C)(C)C)cc1.[HH]. The highest BCUT2D eigenvalue weighted by Gasteiger charge is 2.12. The minimum absolute atomic E-state index is 0. The molecule has 0 bridgehead atoms. The maximum Gasteiger partial charge on any atom is 0 e. The van der Waals surface area contributed by atoms with E-state index < -0.39 is 0 Å². The third-order valence-electron chi connectivity index (χ3n) is 2.36. The minimum Gasteiger partial charge on any atom is -0.0651 e. The van der Waals surface area contributed by atoms with Crippen molar-refractivity contribution < 1.29 is 1.43 Å². The molecule has 0 heteroatoms. The second kappa shape index (κ2) is 3.95. The van der Waals surface area contributed by atoms with Crippen LogP contribution in [0.15, 0.2) is 24.3 Å². The standard InChI is InChI=1S/C13H20.H2/c1-5-6-11-7-9-12(10-8-11)13(2,3)4;/h7-10H,5-6H2,1-4H3;1H. The van der Waals surface area contributed by atoms with Crippen LogP contribution in [0.2, 0.25) is 0 Å². The summed E-state index contributed by atoms with van der Waals surface area (Å²) >= 11 is 0. The van der Waals surface area contributed by atoms with Crippen LogP contribution in [0.1, 0.15) is 46.7 Å². The van der Waals surface area contributed by atoms with Gasteiger partial charge in [0.05, 0.1) is 0 Å². The van der Waals surface area contributed by atoms with E-state index in [9.17, 15) is 0 Å². The number of benzene rings is 1. The number of hydrogen-bond donors (Lipinski definition) is 0. The third kappa shape index (κ3) is 2.87. The second-order valence-electron chi connectivity index (χ2n) is 4.70. The first-order valence-corrected chi connectivity index (χ1v) is 5.13. The van der Waals surface area contributed by atoms with Crippen LogP contribution in [0, 0.1) is 0 Å². The van der Waals surface area contributed by atoms with Gasteiger partial charge in [0.25, 0.3) is 0 Å². The van der Waals surface area contributed by atoms with E-state index in [1.54, 1.807) is 0 Å². The molecule has 0 aliphatic rings. The number of rotatable bonds is 2. The van der Waals surface area contributed by atoms with Crippen LogP contribution < -0.4 is 0 Å². The Labute approximate surface area is 83.5 Å². The van der Waals surface area contributed by atoms with Crippen LogP contribution in [0.5, 0.6) is 0 Å². The quantitative estimate of drug-likeness (QED) is 0.637. The molecule has 0 spiro atoms. The zero-order chi connectivity index (χ0) is 9.90. The highest BCUT2D eigenvalue weighted by molar-refractivity contribution is 5.27. The fraction of sp³-hybridized carbons (Fsp3) is 0.538. The smallest absolute Gasteiger partial charge is 0 e. The molecule has 0 amide bonds. The van der Waals surface area contributed by atoms with E-state index in [4.69, 9.17) is 0 Å². The van der Waals surface area contributed by atoms with Crippen LogP contribution in [0.4, 0.5) is 0 Å². The lowest BCUT2D eigenvalue weighted by Gasteiger charge is -2.19. The Hall–Kier alpha value is -0.780. The van der Waals surface area contributed by atoms with Crippen molar-refractivity contribution in [1.29, 1.82) is 0 Å². The molecule has 0 nitrogen and oxygen atoms in total. The summed E-state index contributed by atoms with van der Waals surface area (Å²) in [5.41, 5.74) is 3.16. The molecule has 0 saturated heterocycles. The van der Waals surface area contributed by atoms with Gasteiger partial charge in [-0.3, -0.25) is 0 Å². The molecule has 0 atom stereocenters. The average Bonchev–Trinajstić information content (AvgIpc) is 2.04. The molecule has 0 saturated carbocycles. The summed E-state index contributed by atoms with van der Waals surface area (Å²) in [5.74, 6) is 0. The van der Waals surface area contributed by atoms with Crippen molar-refractivity contribution in [1.82, 2.24) is 0 Å². The summed E-state index contributed by atoms with van der Waals surface area (Å²) in [6, 6.07) is 9.02. The van der Waals surface area contributed by atoms with Gasteiger partial charge in [-0.1, -0.05) is 58.4 Å². The van der Waals surface area contributed by atoms with Crippen molar-refractivity contribution in [3.05, 3.63) is 35.4 Å². The van der Waals surface area contributed by atoms with E-state index in [2.05, 4.69) is 52.0 Å². The molecule has 0 unspecified atom stereocenters. The number of aryl methyl sites for hydroxylation is 1. The molecular formula is C13H22. The Morgan fingerprint density at radius 1 is 1.08 bits per heavy atom. The Bertz CT molecular complexity index is 254. The summed E-state index contributed by atoms with van der Waals surface area (Å²) in [6.45, 7) is 8.98. The molecule has 0 radical (unpaired) electrons. The van der Waals surface area contributed by atoms with E-state index in [1.165, 1.54) is 24.0 Å². The molecule has 0 aromatic heterocycles. The molecule has 1 rings (SSSR count). The summed E-state index contributed by atoms with van der Waals surface area (Å²) in [5, 5.41) is 0. The average molecular weight is 178 g/mol. The lowest BCUT2D eigenvalue weighted by molar-refractivity contribution is 0.590. The topological polar surface area (TPSA) is 0 Å². The highest BCUT2D eigenvalue weighted by Crippen LogP contribution is 2.22. The van der Waals surface area contributed by atoms with Crippen LogP contribution in [-0.2, 0) is 11.8 Å². The Balaban J connectivity index is 0.00000169. The molecule has 0 aliphatic carbocycles. The first kappa shape index (κ1) is 10.3. The van der Waals surface area contributed by atoms with Crippen molar-refractivity contribution >= 4 is 0 Å². The van der Waals surface area contributed by atoms with Crippen molar-refractivity contribution in [2.24, 2.45) is 0 Å². The van der Waals surface area contributed by atoms with E-state index in [1.807, 2.05) is 0 Å². The van der Waals surface area contributed by atoms with Gasteiger partial charge in [-0.05, 0) is 23.0 Å². The van der Waals surface area contributed by atoms with Gasteiger partial charge in [0.15, 0.2) is 0 Å². The molecule has 1 aromatic rings. The van der Waals surface area contributed by atoms with Crippen molar-refractivity contribution in [3.8, 4) is 0 Å². The van der Waals surface area contributed by atoms with Crippen molar-refractivity contribution in [2.45, 2.75) is 46.0 Å². The molecule has 1 aromatic carbocycles. The molecular weight excluding hydrogens is 156 g/mol. The van der Waals surface area contributed by atoms with Gasteiger partial charge in [0.2, 0.25) is 0 Å². The van der Waals surface area contributed by atoms with E-state index in [0.29, 0.717) is 0 Å². The maximum atomic E-state index is 2.25. The minimum atomic E-state index is 0. The zero-order valence-electron chi connectivity index (χ0n) is 9.22. The van der Waals surface area contributed by atoms with Gasteiger partial charge >= 0.3 is 0 Å². The van der Waals surface area contributed by atoms with Crippen LogP contribution >= 0.6 is 0 Å². The summed E-state index contributed by atoms with van der Waals surface area (Å²) < 4.78 is 0. The lowest BCUT2D eigenvalue weighted by atomic mass is 9.86. The first-order chi connectivity index (χ1) is 6.04. The van der Waals surface area contributed by atoms with Crippen LogP contribution in [0.3, 0.4) is 0 Å². The first-order valence-electron chi connectivity index (χ1n) is 5.13. The molecule has 0 fully saturated rings. The van der Waals surface area contributed by atoms with Gasteiger partial charge in [-0.15, -0.1) is 0 Å². The van der Waals surface area contributed by atoms with Crippen molar-refractivity contribution in [2.75, 3.05) is 0 Å². The molecule has 74 valence electrons. The molecule has 0 heterocycles. The van der Waals surface area contributed by atoms with Crippen LogP contribution in [0.25, 0.3) is 0 Å². The summed E-state index contributed by atoms with van der Waals surface area (Å²) in [7, 11) is 0. The van der Waals surface area contributed by atoms with Gasteiger partial charge < -0.3 is 0 Å². The normalized spacial score (nSPS) is 11.7. The Kier molecular flexibility index (Phi) is 3.13. The third-order valence-corrected chi connectivity index (χ3v) is 2.36. The molecule has 0 aliphatic heterocycles. The largest absolute Gasteiger partial charge is 0.0651 e. The van der Waals surface area contributed by atoms with Crippen LogP contribution in [-0.4, -0.2) is 0 Å². The monoisotopic (exact) mass is 178 g/mol. The predicted molar refractivity (Wildman–Crippen MR) is 61.3 cm³/mol. The van der Waals surface area contributed by atoms with E-state index in [0.717, 1.165) is 0 Å². The Morgan fingerprint density at radius 3 is 2.00 bits per heavy atom. The second-order valence-corrected chi connectivity index (χ2v) is 4.70. The van der Waals surface area contributed by atoms with Gasteiger partial charge in [0.1, 0.15) is 0 Å². The van der Waals surface area contributed by atoms with Gasteiger partial charge in [-0.25, -0.2) is 0 Å². The predicted octanol–water partition coefficient (Wildman–Crippen LogP) is 4.18. The van der Waals surface area contributed by atoms with Crippen molar-refractivity contribution in [3.63, 3.8) is 0 Å². The zero-order valence-corrected chi connectivity index (χ0v) is 9.22. The fourth-order valence-corrected chi connectivity index (χ4v) is 1.46. The van der Waals surface area contributed by atoms with Gasteiger partial charge in [-0.2, -0.15) is 0 Å². The van der Waals surface area contributed by atoms with Gasteiger partial charge in [0, 0.05) is 1.43 Å². The number of hydrogen-bond acceptors (Lipinski definition) is 0. The molecule has 0 N–H and O–H groups in total. The fourth-order valence-electron chi connectivity index (χ4n) is 1.46.